The van der Waals surface area contributed by atoms with Gasteiger partial charge in [0.2, 0.25) is 0 Å². The van der Waals surface area contributed by atoms with E-state index in [9.17, 15) is 0 Å². The second kappa shape index (κ2) is 4.45. The molecule has 0 aromatic heterocycles. The smallest absolute Gasteiger partial charge is 0.00698 e. The zero-order chi connectivity index (χ0) is 9.90. The summed E-state index contributed by atoms with van der Waals surface area (Å²) in [4.78, 5) is 0. The minimum absolute atomic E-state index is 0.471. The molecule has 13 heavy (non-hydrogen) atoms. The fraction of sp³-hybridized carbons (Fsp3) is 1.00. The Kier molecular flexibility index (Phi) is 3.78. The van der Waals surface area contributed by atoms with Crippen LogP contribution in [0.2, 0.25) is 0 Å². The van der Waals surface area contributed by atoms with Crippen LogP contribution in [0.1, 0.15) is 53.4 Å². The predicted molar refractivity (Wildman–Crippen MR) is 58.9 cm³/mol. The Morgan fingerprint density at radius 1 is 1.31 bits per heavy atom. The molecule has 0 bridgehead atoms. The number of rotatable bonds is 2. The average Bonchev–Trinajstić information content (AvgIpc) is 2.04. The monoisotopic (exact) mass is 183 g/mol. The number of piperidine rings is 1. The second-order valence-electron chi connectivity index (χ2n) is 5.65. The highest BCUT2D eigenvalue weighted by Crippen LogP contribution is 2.30. The van der Waals surface area contributed by atoms with Gasteiger partial charge in [-0.05, 0) is 37.1 Å². The zero-order valence-corrected chi connectivity index (χ0v) is 9.69. The van der Waals surface area contributed by atoms with E-state index in [1.807, 2.05) is 0 Å². The Balaban J connectivity index is 2.30. The van der Waals surface area contributed by atoms with Gasteiger partial charge in [-0.1, -0.05) is 34.1 Å². The van der Waals surface area contributed by atoms with Crippen LogP contribution in [0.15, 0.2) is 0 Å². The summed E-state index contributed by atoms with van der Waals surface area (Å²) in [6, 6.07) is 0.794. The molecule has 0 radical (unpaired) electrons. The molecular weight excluding hydrogens is 158 g/mol. The molecule has 1 aliphatic heterocycles. The molecule has 1 fully saturated rings. The normalized spacial score (nSPS) is 27.2. The fourth-order valence-electron chi connectivity index (χ4n) is 1.91. The maximum atomic E-state index is 3.62. The largest absolute Gasteiger partial charge is 0.314 e. The van der Waals surface area contributed by atoms with E-state index in [1.165, 1.54) is 32.2 Å². The molecule has 1 nitrogen and oxygen atoms in total. The molecule has 1 aliphatic rings. The van der Waals surface area contributed by atoms with Crippen LogP contribution in [-0.2, 0) is 0 Å². The lowest BCUT2D eigenvalue weighted by molar-refractivity contribution is 0.210. The highest BCUT2D eigenvalue weighted by atomic mass is 14.9. The van der Waals surface area contributed by atoms with E-state index in [0.29, 0.717) is 5.41 Å². The molecule has 0 aromatic carbocycles. The van der Waals surface area contributed by atoms with Crippen LogP contribution in [-0.4, -0.2) is 12.6 Å². The van der Waals surface area contributed by atoms with Gasteiger partial charge in [-0.15, -0.1) is 0 Å². The molecule has 1 heterocycles. The van der Waals surface area contributed by atoms with Crippen LogP contribution in [0.4, 0.5) is 0 Å². The van der Waals surface area contributed by atoms with E-state index < -0.39 is 0 Å². The Hall–Kier alpha value is -0.0400. The topological polar surface area (TPSA) is 12.0 Å². The molecular formula is C12H25N. The lowest BCUT2D eigenvalue weighted by Crippen LogP contribution is -2.37. The molecule has 1 heteroatoms. The highest BCUT2D eigenvalue weighted by molar-refractivity contribution is 4.79. The number of hydrogen-bond acceptors (Lipinski definition) is 1. The van der Waals surface area contributed by atoms with Gasteiger partial charge in [0.1, 0.15) is 0 Å². The Morgan fingerprint density at radius 2 is 2.00 bits per heavy atom. The van der Waals surface area contributed by atoms with Crippen molar-refractivity contribution in [3.05, 3.63) is 0 Å². The summed E-state index contributed by atoms with van der Waals surface area (Å²) in [7, 11) is 0. The first-order valence-corrected chi connectivity index (χ1v) is 5.73. The van der Waals surface area contributed by atoms with Gasteiger partial charge >= 0.3 is 0 Å². The SMILES string of the molecule is CC(CC1CCCCN1)C(C)(C)C. The van der Waals surface area contributed by atoms with E-state index in [-0.39, 0.29) is 0 Å². The molecule has 1 N–H and O–H groups in total. The van der Waals surface area contributed by atoms with Crippen molar-refractivity contribution in [1.29, 1.82) is 0 Å². The van der Waals surface area contributed by atoms with Crippen LogP contribution in [0.3, 0.4) is 0 Å². The molecule has 0 aromatic rings. The quantitative estimate of drug-likeness (QED) is 0.693. The third kappa shape index (κ3) is 3.68. The van der Waals surface area contributed by atoms with Crippen LogP contribution in [0, 0.1) is 11.3 Å². The molecule has 0 spiro atoms. The Bertz CT molecular complexity index is 140. The summed E-state index contributed by atoms with van der Waals surface area (Å²) in [5.41, 5.74) is 0.471. The van der Waals surface area contributed by atoms with Gasteiger partial charge in [0.15, 0.2) is 0 Å². The lowest BCUT2D eigenvalue weighted by atomic mass is 9.77. The van der Waals surface area contributed by atoms with Gasteiger partial charge in [0.25, 0.3) is 0 Å². The summed E-state index contributed by atoms with van der Waals surface area (Å²) in [6.07, 6.45) is 5.54. The van der Waals surface area contributed by atoms with Crippen molar-refractivity contribution >= 4 is 0 Å². The summed E-state index contributed by atoms with van der Waals surface area (Å²) < 4.78 is 0. The van der Waals surface area contributed by atoms with Gasteiger partial charge < -0.3 is 5.32 Å². The third-order valence-electron chi connectivity index (χ3n) is 3.53. The summed E-state index contributed by atoms with van der Waals surface area (Å²) in [5, 5.41) is 3.62. The number of hydrogen-bond donors (Lipinski definition) is 1. The minimum atomic E-state index is 0.471. The molecule has 2 atom stereocenters. The van der Waals surface area contributed by atoms with Crippen molar-refractivity contribution in [1.82, 2.24) is 5.32 Å². The maximum Gasteiger partial charge on any atom is 0.00698 e. The second-order valence-corrected chi connectivity index (χ2v) is 5.65. The summed E-state index contributed by atoms with van der Waals surface area (Å²) in [6.45, 7) is 10.7. The molecule has 0 saturated carbocycles. The first-order valence-electron chi connectivity index (χ1n) is 5.73. The molecule has 78 valence electrons. The van der Waals surface area contributed by atoms with Gasteiger partial charge in [0.05, 0.1) is 0 Å². The van der Waals surface area contributed by atoms with Crippen LogP contribution < -0.4 is 5.32 Å². The molecule has 1 rings (SSSR count). The molecule has 2 unspecified atom stereocenters. The minimum Gasteiger partial charge on any atom is -0.314 e. The predicted octanol–water partition coefficient (Wildman–Crippen LogP) is 3.20. The van der Waals surface area contributed by atoms with E-state index in [0.717, 1.165) is 12.0 Å². The Labute approximate surface area is 83.3 Å². The van der Waals surface area contributed by atoms with Gasteiger partial charge in [0, 0.05) is 6.04 Å². The number of nitrogens with one attached hydrogen (secondary N) is 1. The van der Waals surface area contributed by atoms with E-state index in [4.69, 9.17) is 0 Å². The molecule has 0 aliphatic carbocycles. The molecule has 1 saturated heterocycles. The van der Waals surface area contributed by atoms with Gasteiger partial charge in [-0.2, -0.15) is 0 Å². The van der Waals surface area contributed by atoms with E-state index >= 15 is 0 Å². The van der Waals surface area contributed by atoms with Crippen LogP contribution in [0.25, 0.3) is 0 Å². The van der Waals surface area contributed by atoms with Crippen molar-refractivity contribution in [3.8, 4) is 0 Å². The Morgan fingerprint density at radius 3 is 2.46 bits per heavy atom. The highest BCUT2D eigenvalue weighted by Gasteiger charge is 2.24. The maximum absolute atomic E-state index is 3.62. The summed E-state index contributed by atoms with van der Waals surface area (Å²) >= 11 is 0. The van der Waals surface area contributed by atoms with Gasteiger partial charge in [-0.3, -0.25) is 0 Å². The third-order valence-corrected chi connectivity index (χ3v) is 3.53. The fourth-order valence-corrected chi connectivity index (χ4v) is 1.91. The van der Waals surface area contributed by atoms with Crippen molar-refractivity contribution in [2.24, 2.45) is 11.3 Å². The average molecular weight is 183 g/mol. The molecule has 0 amide bonds. The first kappa shape index (κ1) is 11.0. The van der Waals surface area contributed by atoms with E-state index in [1.54, 1.807) is 0 Å². The van der Waals surface area contributed by atoms with Crippen LogP contribution >= 0.6 is 0 Å². The van der Waals surface area contributed by atoms with Crippen molar-refractivity contribution in [2.75, 3.05) is 6.54 Å². The lowest BCUT2D eigenvalue weighted by Gasteiger charge is -2.33. The van der Waals surface area contributed by atoms with E-state index in [2.05, 4.69) is 33.0 Å². The first-order chi connectivity index (χ1) is 6.00. The van der Waals surface area contributed by atoms with Crippen molar-refractivity contribution in [2.45, 2.75) is 59.4 Å². The van der Waals surface area contributed by atoms with Gasteiger partial charge in [-0.25, -0.2) is 0 Å². The standard InChI is InChI=1S/C12H25N/c1-10(12(2,3)4)9-11-7-5-6-8-13-11/h10-11,13H,5-9H2,1-4H3. The zero-order valence-electron chi connectivity index (χ0n) is 9.69. The van der Waals surface area contributed by atoms with Crippen molar-refractivity contribution in [3.63, 3.8) is 0 Å². The van der Waals surface area contributed by atoms with Crippen LogP contribution in [0.5, 0.6) is 0 Å². The summed E-state index contributed by atoms with van der Waals surface area (Å²) in [5.74, 6) is 0.822. The van der Waals surface area contributed by atoms with Crippen molar-refractivity contribution < 1.29 is 0 Å².